The monoisotopic (exact) mass is 315 g/mol. The highest BCUT2D eigenvalue weighted by molar-refractivity contribution is 7.99. The zero-order valence-corrected chi connectivity index (χ0v) is 13.7. The number of sulfone groups is 1. The van der Waals surface area contributed by atoms with Crippen LogP contribution in [-0.4, -0.2) is 32.1 Å². The molecular formula is C14H21NO3S2. The third-order valence-electron chi connectivity index (χ3n) is 2.77. The molecule has 6 heteroatoms. The molecule has 0 fully saturated rings. The molecule has 1 atom stereocenters. The van der Waals surface area contributed by atoms with Gasteiger partial charge in [0.05, 0.1) is 11.8 Å². The van der Waals surface area contributed by atoms with Crippen LogP contribution in [0, 0.1) is 0 Å². The van der Waals surface area contributed by atoms with Gasteiger partial charge in [0.15, 0.2) is 0 Å². The van der Waals surface area contributed by atoms with Crippen LogP contribution in [0.5, 0.6) is 0 Å². The summed E-state index contributed by atoms with van der Waals surface area (Å²) in [5.41, 5.74) is 1.01. The minimum atomic E-state index is -3.10. The second-order valence-corrected chi connectivity index (χ2v) is 8.27. The number of benzene rings is 1. The van der Waals surface area contributed by atoms with Gasteiger partial charge in [-0.3, -0.25) is 4.79 Å². The molecule has 0 saturated heterocycles. The van der Waals surface area contributed by atoms with E-state index < -0.39 is 9.84 Å². The predicted octanol–water partition coefficient (Wildman–Crippen LogP) is 2.41. The predicted molar refractivity (Wildman–Crippen MR) is 83.7 cm³/mol. The Morgan fingerprint density at radius 2 is 1.90 bits per heavy atom. The first-order chi connectivity index (χ1) is 9.31. The van der Waals surface area contributed by atoms with E-state index in [1.165, 1.54) is 4.90 Å². The molecule has 0 aliphatic heterocycles. The Bertz CT molecular complexity index is 538. The first-order valence-corrected chi connectivity index (χ1v) is 9.56. The van der Waals surface area contributed by atoms with Gasteiger partial charge in [0.25, 0.3) is 0 Å². The fraction of sp³-hybridized carbons (Fsp3) is 0.500. The lowest BCUT2D eigenvalue weighted by molar-refractivity contribution is -0.121. The summed E-state index contributed by atoms with van der Waals surface area (Å²) < 4.78 is 22.0. The summed E-state index contributed by atoms with van der Waals surface area (Å²) >= 11 is 1.77. The molecule has 0 bridgehead atoms. The highest BCUT2D eigenvalue weighted by Gasteiger charge is 2.12. The lowest BCUT2D eigenvalue weighted by Crippen LogP contribution is -2.28. The van der Waals surface area contributed by atoms with E-state index in [-0.39, 0.29) is 24.1 Å². The molecule has 0 aliphatic carbocycles. The molecule has 1 amide bonds. The van der Waals surface area contributed by atoms with Gasteiger partial charge in [-0.15, -0.1) is 11.8 Å². The van der Waals surface area contributed by atoms with Crippen molar-refractivity contribution in [2.45, 2.75) is 31.2 Å². The maximum atomic E-state index is 11.7. The first kappa shape index (κ1) is 17.0. The lowest BCUT2D eigenvalue weighted by atomic mass is 10.1. The molecule has 1 unspecified atom stereocenters. The van der Waals surface area contributed by atoms with Crippen molar-refractivity contribution < 1.29 is 13.2 Å². The van der Waals surface area contributed by atoms with Crippen LogP contribution in [0.4, 0.5) is 0 Å². The molecule has 0 saturated carbocycles. The number of rotatable bonds is 7. The van der Waals surface area contributed by atoms with E-state index in [4.69, 9.17) is 0 Å². The Kier molecular flexibility index (Phi) is 6.55. The standard InChI is InChI=1S/C14H21NO3S2/c1-4-19-13-7-5-12(6-8-13)11(2)15-14(16)9-10-20(3,17)18/h5-8,11H,4,9-10H2,1-3H3,(H,15,16). The Morgan fingerprint density at radius 1 is 1.30 bits per heavy atom. The number of hydrogen-bond acceptors (Lipinski definition) is 4. The highest BCUT2D eigenvalue weighted by Crippen LogP contribution is 2.20. The number of carbonyl (C=O) groups is 1. The van der Waals surface area contributed by atoms with Crippen molar-refractivity contribution in [3.05, 3.63) is 29.8 Å². The quantitative estimate of drug-likeness (QED) is 0.785. The van der Waals surface area contributed by atoms with Crippen LogP contribution in [0.3, 0.4) is 0 Å². The minimum Gasteiger partial charge on any atom is -0.350 e. The average Bonchev–Trinajstić information content (AvgIpc) is 2.37. The van der Waals surface area contributed by atoms with Gasteiger partial charge in [-0.05, 0) is 30.4 Å². The number of carbonyl (C=O) groups excluding carboxylic acids is 1. The highest BCUT2D eigenvalue weighted by atomic mass is 32.2. The lowest BCUT2D eigenvalue weighted by Gasteiger charge is -2.14. The van der Waals surface area contributed by atoms with Crippen LogP contribution in [-0.2, 0) is 14.6 Å². The van der Waals surface area contributed by atoms with Crippen molar-refractivity contribution >= 4 is 27.5 Å². The molecular weight excluding hydrogens is 294 g/mol. The smallest absolute Gasteiger partial charge is 0.221 e. The van der Waals surface area contributed by atoms with Crippen molar-refractivity contribution in [3.63, 3.8) is 0 Å². The second-order valence-electron chi connectivity index (χ2n) is 4.67. The van der Waals surface area contributed by atoms with E-state index in [0.717, 1.165) is 17.6 Å². The Balaban J connectivity index is 2.53. The molecule has 1 aromatic carbocycles. The van der Waals surface area contributed by atoms with E-state index >= 15 is 0 Å². The Hall–Kier alpha value is -1.01. The van der Waals surface area contributed by atoms with Gasteiger partial charge in [0.2, 0.25) is 5.91 Å². The molecule has 0 radical (unpaired) electrons. The topological polar surface area (TPSA) is 63.2 Å². The van der Waals surface area contributed by atoms with E-state index in [9.17, 15) is 13.2 Å². The maximum Gasteiger partial charge on any atom is 0.221 e. The molecule has 1 rings (SSSR count). The molecule has 112 valence electrons. The van der Waals surface area contributed by atoms with E-state index in [0.29, 0.717) is 0 Å². The third kappa shape index (κ3) is 6.43. The summed E-state index contributed by atoms with van der Waals surface area (Å²) in [4.78, 5) is 12.9. The maximum absolute atomic E-state index is 11.7. The number of amides is 1. The van der Waals surface area contributed by atoms with Gasteiger partial charge in [0.1, 0.15) is 9.84 Å². The summed E-state index contributed by atoms with van der Waals surface area (Å²) in [5.74, 6) is 0.671. The molecule has 0 spiro atoms. The van der Waals surface area contributed by atoms with Gasteiger partial charge in [-0.2, -0.15) is 0 Å². The number of thioether (sulfide) groups is 1. The van der Waals surface area contributed by atoms with Crippen LogP contribution >= 0.6 is 11.8 Å². The second kappa shape index (κ2) is 7.69. The van der Waals surface area contributed by atoms with Gasteiger partial charge < -0.3 is 5.32 Å². The van der Waals surface area contributed by atoms with Crippen molar-refractivity contribution in [3.8, 4) is 0 Å². The van der Waals surface area contributed by atoms with Crippen molar-refractivity contribution in [1.29, 1.82) is 0 Å². The third-order valence-corrected chi connectivity index (χ3v) is 4.61. The van der Waals surface area contributed by atoms with Crippen LogP contribution in [0.25, 0.3) is 0 Å². The number of hydrogen-bond donors (Lipinski definition) is 1. The van der Waals surface area contributed by atoms with Crippen LogP contribution in [0.15, 0.2) is 29.2 Å². The molecule has 0 aromatic heterocycles. The van der Waals surface area contributed by atoms with Crippen molar-refractivity contribution in [2.24, 2.45) is 0 Å². The Morgan fingerprint density at radius 3 is 2.40 bits per heavy atom. The summed E-state index contributed by atoms with van der Waals surface area (Å²) in [7, 11) is -3.10. The van der Waals surface area contributed by atoms with Crippen LogP contribution in [0.2, 0.25) is 0 Å². The first-order valence-electron chi connectivity index (χ1n) is 6.51. The van der Waals surface area contributed by atoms with E-state index in [1.807, 2.05) is 31.2 Å². The molecule has 4 nitrogen and oxygen atoms in total. The normalized spacial score (nSPS) is 12.9. The van der Waals surface area contributed by atoms with Gasteiger partial charge in [-0.25, -0.2) is 8.42 Å². The van der Waals surface area contributed by atoms with Gasteiger partial charge in [0, 0.05) is 17.6 Å². The molecule has 0 heterocycles. The SMILES string of the molecule is CCSc1ccc(C(C)NC(=O)CCS(C)(=O)=O)cc1. The summed E-state index contributed by atoms with van der Waals surface area (Å²) in [6.07, 6.45) is 1.14. The van der Waals surface area contributed by atoms with Gasteiger partial charge >= 0.3 is 0 Å². The molecule has 1 N–H and O–H groups in total. The zero-order chi connectivity index (χ0) is 15.2. The Labute approximate surface area is 125 Å². The number of nitrogens with one attached hydrogen (secondary N) is 1. The van der Waals surface area contributed by atoms with Crippen molar-refractivity contribution in [1.82, 2.24) is 5.32 Å². The fourth-order valence-corrected chi connectivity index (χ4v) is 2.91. The van der Waals surface area contributed by atoms with Gasteiger partial charge in [-0.1, -0.05) is 19.1 Å². The minimum absolute atomic E-state index is 0.00689. The fourth-order valence-electron chi connectivity index (χ4n) is 1.69. The summed E-state index contributed by atoms with van der Waals surface area (Å²) in [6, 6.07) is 7.91. The van der Waals surface area contributed by atoms with E-state index in [2.05, 4.69) is 12.2 Å². The van der Waals surface area contributed by atoms with E-state index in [1.54, 1.807) is 11.8 Å². The largest absolute Gasteiger partial charge is 0.350 e. The molecule has 1 aromatic rings. The summed E-state index contributed by atoms with van der Waals surface area (Å²) in [6.45, 7) is 3.99. The molecule has 20 heavy (non-hydrogen) atoms. The van der Waals surface area contributed by atoms with Crippen molar-refractivity contribution in [2.75, 3.05) is 17.8 Å². The summed E-state index contributed by atoms with van der Waals surface area (Å²) in [5, 5.41) is 2.81. The average molecular weight is 315 g/mol. The zero-order valence-electron chi connectivity index (χ0n) is 12.0. The molecule has 0 aliphatic rings. The van der Waals surface area contributed by atoms with Crippen LogP contribution < -0.4 is 5.32 Å². The van der Waals surface area contributed by atoms with Crippen LogP contribution in [0.1, 0.15) is 31.9 Å².